The van der Waals surface area contributed by atoms with Crippen LogP contribution in [0.2, 0.25) is 0 Å². The van der Waals surface area contributed by atoms with Crippen molar-refractivity contribution in [1.29, 1.82) is 0 Å². The van der Waals surface area contributed by atoms with Crippen molar-refractivity contribution in [1.82, 2.24) is 0 Å². The van der Waals surface area contributed by atoms with E-state index in [2.05, 4.69) is 0 Å². The van der Waals surface area contributed by atoms with Crippen molar-refractivity contribution in [2.45, 2.75) is 24.5 Å². The zero-order chi connectivity index (χ0) is 28.4. The van der Waals surface area contributed by atoms with Crippen molar-refractivity contribution in [3.05, 3.63) is 76.9 Å². The van der Waals surface area contributed by atoms with Gasteiger partial charge in [-0.3, -0.25) is 0 Å². The van der Waals surface area contributed by atoms with Crippen molar-refractivity contribution in [2.24, 2.45) is 0 Å². The van der Waals surface area contributed by atoms with E-state index in [4.69, 9.17) is 9.47 Å². The molecule has 202 valence electrons. The number of esters is 1. The van der Waals surface area contributed by atoms with Crippen LogP contribution in [0.5, 0.6) is 34.5 Å². The van der Waals surface area contributed by atoms with Gasteiger partial charge in [-0.1, -0.05) is 18.2 Å². The summed E-state index contributed by atoms with van der Waals surface area (Å²) in [6.45, 7) is 0. The molecule has 1 unspecified atom stereocenters. The smallest absolute Gasteiger partial charge is 0.549 e. The van der Waals surface area contributed by atoms with Gasteiger partial charge < -0.3 is 54.8 Å². The summed E-state index contributed by atoms with van der Waals surface area (Å²) in [6, 6.07) is 9.58. The van der Waals surface area contributed by atoms with Crippen LogP contribution in [-0.2, 0) is 25.5 Å². The number of rotatable bonds is 8. The molecule has 0 bridgehead atoms. The Kier molecular flexibility index (Phi) is 9.01. The minimum absolute atomic E-state index is 0. The molecular formula is C27H20MgO12. The molecule has 3 atom stereocenters. The average Bonchev–Trinajstić information content (AvgIpc) is 3.29. The Morgan fingerprint density at radius 1 is 0.875 bits per heavy atom. The van der Waals surface area contributed by atoms with Crippen LogP contribution < -0.4 is 14.9 Å². The van der Waals surface area contributed by atoms with Crippen LogP contribution in [0.1, 0.15) is 34.3 Å². The molecule has 0 saturated carbocycles. The first kappa shape index (κ1) is 29.9. The maximum Gasteiger partial charge on any atom is 2.00 e. The van der Waals surface area contributed by atoms with E-state index in [-0.39, 0.29) is 57.5 Å². The van der Waals surface area contributed by atoms with Crippen LogP contribution in [0.3, 0.4) is 0 Å². The van der Waals surface area contributed by atoms with Gasteiger partial charge in [0.2, 0.25) is 0 Å². The predicted molar refractivity (Wildman–Crippen MR) is 132 cm³/mol. The first-order valence-electron chi connectivity index (χ1n) is 11.3. The number of phenols is 5. The van der Waals surface area contributed by atoms with Crippen LogP contribution in [0.4, 0.5) is 0 Å². The van der Waals surface area contributed by atoms with Crippen molar-refractivity contribution in [2.75, 3.05) is 0 Å². The number of hydrogen-bond acceptors (Lipinski definition) is 12. The standard InChI is InChI=1S/C27H22O12.Mg/c28-15-5-1-12(9-18(15)31)10-20(26(34)35)38-21(33)8-4-13-2-7-17(30)25-22(13)23(27(36)37)24(39-25)14-3-6-16(29)19(32)11-14;/h1-9,11,20,23-24,28-32H,10H2,(H,34,35)(H,36,37);/q;+2/p-2/b8-4+;/t20-,23+,24?;/m1./s1. The van der Waals surface area contributed by atoms with E-state index in [9.17, 15) is 50.1 Å². The molecule has 1 heterocycles. The van der Waals surface area contributed by atoms with Crippen molar-refractivity contribution in [3.8, 4) is 34.5 Å². The second-order valence-corrected chi connectivity index (χ2v) is 8.61. The largest absolute Gasteiger partial charge is 2.00 e. The van der Waals surface area contributed by atoms with Crippen LogP contribution in [0, 0.1) is 0 Å². The summed E-state index contributed by atoms with van der Waals surface area (Å²) < 4.78 is 10.6. The number of carboxylic acids is 2. The number of ether oxygens (including phenoxy) is 2. The van der Waals surface area contributed by atoms with E-state index in [1.807, 2.05) is 0 Å². The van der Waals surface area contributed by atoms with Gasteiger partial charge in [-0.25, -0.2) is 4.79 Å². The maximum atomic E-state index is 12.4. The van der Waals surface area contributed by atoms with Crippen molar-refractivity contribution >= 4 is 47.0 Å². The van der Waals surface area contributed by atoms with Crippen LogP contribution >= 0.6 is 0 Å². The Labute approximate surface area is 242 Å². The zero-order valence-electron chi connectivity index (χ0n) is 20.5. The van der Waals surface area contributed by atoms with E-state index in [0.29, 0.717) is 0 Å². The summed E-state index contributed by atoms with van der Waals surface area (Å²) >= 11 is 0. The molecule has 3 aromatic rings. The molecule has 12 nitrogen and oxygen atoms in total. The fourth-order valence-corrected chi connectivity index (χ4v) is 4.18. The van der Waals surface area contributed by atoms with Crippen molar-refractivity contribution in [3.63, 3.8) is 0 Å². The zero-order valence-corrected chi connectivity index (χ0v) is 21.9. The summed E-state index contributed by atoms with van der Waals surface area (Å²) in [6.07, 6.45) is -1.44. The normalized spacial score (nSPS) is 16.4. The van der Waals surface area contributed by atoms with Gasteiger partial charge in [0.05, 0.1) is 17.9 Å². The Balaban J connectivity index is 0.00000441. The first-order chi connectivity index (χ1) is 18.5. The molecule has 0 saturated heterocycles. The molecule has 0 amide bonds. The molecular weight excluding hydrogens is 541 g/mol. The number of aromatic hydroxyl groups is 5. The van der Waals surface area contributed by atoms with Gasteiger partial charge in [-0.05, 0) is 53.1 Å². The van der Waals surface area contributed by atoms with Gasteiger partial charge in [0, 0.05) is 18.1 Å². The molecule has 4 rings (SSSR count). The monoisotopic (exact) mass is 560 g/mol. The minimum atomic E-state index is -1.76. The fraction of sp³-hybridized carbons (Fsp3) is 0.148. The van der Waals surface area contributed by atoms with E-state index >= 15 is 0 Å². The third kappa shape index (κ3) is 6.16. The SMILES string of the molecule is O=C(/C=C/c1ccc(O)c2c1[C@H](C(=O)[O-])C(c1ccc(O)c(O)c1)O2)O[C@H](Cc1ccc(O)c(O)c1)C(=O)[O-].[Mg+2]. The minimum Gasteiger partial charge on any atom is -0.549 e. The summed E-state index contributed by atoms with van der Waals surface area (Å²) in [4.78, 5) is 36.1. The summed E-state index contributed by atoms with van der Waals surface area (Å²) in [7, 11) is 0. The van der Waals surface area contributed by atoms with E-state index in [1.165, 1.54) is 24.3 Å². The molecule has 13 heteroatoms. The van der Waals surface area contributed by atoms with Crippen LogP contribution in [-0.4, -0.2) is 72.6 Å². The topological polar surface area (TPSA) is 217 Å². The van der Waals surface area contributed by atoms with Gasteiger partial charge in [0.15, 0.2) is 34.5 Å². The second kappa shape index (κ2) is 12.0. The van der Waals surface area contributed by atoms with Gasteiger partial charge in [-0.15, -0.1) is 0 Å². The number of aliphatic carboxylic acids is 2. The molecule has 3 aromatic carbocycles. The number of fused-ring (bicyclic) bond motifs is 1. The van der Waals surface area contributed by atoms with E-state index < -0.39 is 64.8 Å². The molecule has 1 aliphatic rings. The summed E-state index contributed by atoms with van der Waals surface area (Å²) in [5.74, 6) is -8.46. The van der Waals surface area contributed by atoms with Crippen LogP contribution in [0.15, 0.2) is 54.6 Å². The Bertz CT molecular complexity index is 1500. The number of hydrogen-bond donors (Lipinski definition) is 5. The maximum absolute atomic E-state index is 12.4. The van der Waals surface area contributed by atoms with Gasteiger partial charge in [0.1, 0.15) is 12.2 Å². The van der Waals surface area contributed by atoms with Gasteiger partial charge >= 0.3 is 29.0 Å². The Hall–Kier alpha value is -4.62. The first-order valence-corrected chi connectivity index (χ1v) is 11.3. The summed E-state index contributed by atoms with van der Waals surface area (Å²) in [5.41, 5.74) is 0.440. The number of carbonyl (C=O) groups is 3. The number of carbonyl (C=O) groups excluding carboxylic acids is 3. The number of carboxylic acid groups (broad SMARTS) is 2. The summed E-state index contributed by atoms with van der Waals surface area (Å²) in [5, 5.41) is 72.3. The molecule has 40 heavy (non-hydrogen) atoms. The van der Waals surface area contributed by atoms with Gasteiger partial charge in [-0.2, -0.15) is 0 Å². The Morgan fingerprint density at radius 3 is 2.10 bits per heavy atom. The quantitative estimate of drug-likeness (QED) is 0.104. The van der Waals surface area contributed by atoms with E-state index in [1.54, 1.807) is 0 Å². The third-order valence-electron chi connectivity index (χ3n) is 6.03. The second-order valence-electron chi connectivity index (χ2n) is 8.61. The average molecular weight is 561 g/mol. The van der Waals surface area contributed by atoms with Crippen LogP contribution in [0.25, 0.3) is 6.08 Å². The van der Waals surface area contributed by atoms with Gasteiger partial charge in [0.25, 0.3) is 0 Å². The fourth-order valence-electron chi connectivity index (χ4n) is 4.18. The predicted octanol–water partition coefficient (Wildman–Crippen LogP) is -0.281. The van der Waals surface area contributed by atoms with E-state index in [0.717, 1.165) is 36.4 Å². The molecule has 0 aromatic heterocycles. The molecule has 0 aliphatic carbocycles. The van der Waals surface area contributed by atoms with Crippen molar-refractivity contribution < 1.29 is 59.6 Å². The number of phenolic OH excluding ortho intramolecular Hbond substituents is 5. The molecule has 0 spiro atoms. The molecule has 0 radical (unpaired) electrons. The Morgan fingerprint density at radius 2 is 1.50 bits per heavy atom. The third-order valence-corrected chi connectivity index (χ3v) is 6.03. The molecule has 5 N–H and O–H groups in total. The number of benzene rings is 3. The molecule has 1 aliphatic heterocycles. The molecule has 0 fully saturated rings.